The van der Waals surface area contributed by atoms with Gasteiger partial charge in [-0.3, -0.25) is 4.79 Å². The van der Waals surface area contributed by atoms with Crippen LogP contribution in [0.1, 0.15) is 23.0 Å². The highest BCUT2D eigenvalue weighted by Crippen LogP contribution is 2.19. The number of rotatable bonds is 7. The summed E-state index contributed by atoms with van der Waals surface area (Å²) in [5.41, 5.74) is 2.16. The van der Waals surface area contributed by atoms with Gasteiger partial charge in [0.25, 0.3) is 5.91 Å². The molecule has 0 aliphatic carbocycles. The number of nitrogens with zero attached hydrogens (tertiary/aromatic N) is 2. The SMILES string of the molecule is COCC(C)NC(=O)c1ccccc1OCc1cn2ccccc2n1. The van der Waals surface area contributed by atoms with Crippen LogP contribution in [-0.4, -0.2) is 35.1 Å². The van der Waals surface area contributed by atoms with E-state index in [9.17, 15) is 4.79 Å². The van der Waals surface area contributed by atoms with Crippen molar-refractivity contribution in [1.82, 2.24) is 14.7 Å². The van der Waals surface area contributed by atoms with Gasteiger partial charge in [0.2, 0.25) is 0 Å². The summed E-state index contributed by atoms with van der Waals surface area (Å²) in [5, 5.41) is 2.89. The summed E-state index contributed by atoms with van der Waals surface area (Å²) >= 11 is 0. The number of aromatic nitrogens is 2. The lowest BCUT2D eigenvalue weighted by Crippen LogP contribution is -2.35. The molecule has 1 unspecified atom stereocenters. The number of para-hydroxylation sites is 1. The average Bonchev–Trinajstić information content (AvgIpc) is 3.03. The summed E-state index contributed by atoms with van der Waals surface area (Å²) in [5.74, 6) is 0.344. The first-order valence-corrected chi connectivity index (χ1v) is 8.11. The Morgan fingerprint density at radius 3 is 2.84 bits per heavy atom. The minimum atomic E-state index is -0.185. The maximum absolute atomic E-state index is 12.4. The highest BCUT2D eigenvalue weighted by molar-refractivity contribution is 5.97. The Morgan fingerprint density at radius 1 is 1.24 bits per heavy atom. The van der Waals surface area contributed by atoms with Gasteiger partial charge in [0.15, 0.2) is 0 Å². The Morgan fingerprint density at radius 2 is 2.04 bits per heavy atom. The predicted octanol–water partition coefficient (Wildman–Crippen LogP) is 2.68. The van der Waals surface area contributed by atoms with Gasteiger partial charge in [-0.05, 0) is 31.2 Å². The number of methoxy groups -OCH3 is 1. The standard InChI is InChI=1S/C19H21N3O3/c1-14(12-24-2)20-19(23)16-7-3-4-8-17(16)25-13-15-11-22-10-6-5-9-18(22)21-15/h3-11,14H,12-13H2,1-2H3,(H,20,23). The summed E-state index contributed by atoms with van der Waals surface area (Å²) in [4.78, 5) is 16.9. The molecule has 6 heteroatoms. The lowest BCUT2D eigenvalue weighted by molar-refractivity contribution is 0.0901. The molecule has 0 spiro atoms. The van der Waals surface area contributed by atoms with Crippen LogP contribution in [0.3, 0.4) is 0 Å². The van der Waals surface area contributed by atoms with Gasteiger partial charge in [0.1, 0.15) is 18.0 Å². The van der Waals surface area contributed by atoms with Crippen molar-refractivity contribution in [2.45, 2.75) is 19.6 Å². The number of ether oxygens (including phenoxy) is 2. The minimum absolute atomic E-state index is 0.0796. The Kier molecular flexibility index (Phi) is 5.30. The zero-order chi connectivity index (χ0) is 17.6. The van der Waals surface area contributed by atoms with Crippen LogP contribution in [0.2, 0.25) is 0 Å². The third kappa shape index (κ3) is 4.16. The van der Waals surface area contributed by atoms with E-state index in [1.807, 2.05) is 54.0 Å². The van der Waals surface area contributed by atoms with E-state index in [1.54, 1.807) is 19.2 Å². The fraction of sp³-hybridized carbons (Fsp3) is 0.263. The lowest BCUT2D eigenvalue weighted by Gasteiger charge is -2.15. The number of carbonyl (C=O) groups is 1. The molecule has 130 valence electrons. The van der Waals surface area contributed by atoms with Crippen LogP contribution in [0.5, 0.6) is 5.75 Å². The first-order chi connectivity index (χ1) is 12.2. The van der Waals surface area contributed by atoms with E-state index in [1.165, 1.54) is 0 Å². The summed E-state index contributed by atoms with van der Waals surface area (Å²) < 4.78 is 12.8. The van der Waals surface area contributed by atoms with Crippen molar-refractivity contribution in [3.05, 3.63) is 66.1 Å². The van der Waals surface area contributed by atoms with Gasteiger partial charge < -0.3 is 19.2 Å². The number of hydrogen-bond acceptors (Lipinski definition) is 4. The maximum atomic E-state index is 12.4. The molecule has 1 N–H and O–H groups in total. The molecule has 1 aromatic carbocycles. The number of fused-ring (bicyclic) bond motifs is 1. The van der Waals surface area contributed by atoms with Crippen LogP contribution in [-0.2, 0) is 11.3 Å². The number of amides is 1. The predicted molar refractivity (Wildman–Crippen MR) is 94.8 cm³/mol. The normalized spacial score (nSPS) is 12.1. The number of imidazole rings is 1. The molecule has 0 aliphatic rings. The molecule has 1 amide bonds. The van der Waals surface area contributed by atoms with Gasteiger partial charge in [-0.2, -0.15) is 0 Å². The second-order valence-corrected chi connectivity index (χ2v) is 5.81. The van der Waals surface area contributed by atoms with E-state index < -0.39 is 0 Å². The van der Waals surface area contributed by atoms with Crippen LogP contribution in [0.4, 0.5) is 0 Å². The Hall–Kier alpha value is -2.86. The van der Waals surface area contributed by atoms with Crippen LogP contribution in [0.25, 0.3) is 5.65 Å². The van der Waals surface area contributed by atoms with Gasteiger partial charge in [0, 0.05) is 25.5 Å². The van der Waals surface area contributed by atoms with Gasteiger partial charge in [-0.1, -0.05) is 18.2 Å². The second-order valence-electron chi connectivity index (χ2n) is 5.81. The summed E-state index contributed by atoms with van der Waals surface area (Å²) in [6.45, 7) is 2.64. The molecule has 2 heterocycles. The fourth-order valence-corrected chi connectivity index (χ4v) is 2.58. The summed E-state index contributed by atoms with van der Waals surface area (Å²) in [6, 6.07) is 12.9. The molecule has 0 saturated carbocycles. The maximum Gasteiger partial charge on any atom is 0.255 e. The third-order valence-electron chi connectivity index (χ3n) is 3.72. The molecule has 2 aromatic heterocycles. The Balaban J connectivity index is 1.71. The van der Waals surface area contributed by atoms with Crippen molar-refractivity contribution in [2.24, 2.45) is 0 Å². The van der Waals surface area contributed by atoms with E-state index in [-0.39, 0.29) is 11.9 Å². The molecular formula is C19H21N3O3. The van der Waals surface area contributed by atoms with Crippen LogP contribution < -0.4 is 10.1 Å². The number of carbonyl (C=O) groups excluding carboxylic acids is 1. The minimum Gasteiger partial charge on any atom is -0.486 e. The van der Waals surface area contributed by atoms with Crippen molar-refractivity contribution in [1.29, 1.82) is 0 Å². The van der Waals surface area contributed by atoms with Gasteiger partial charge >= 0.3 is 0 Å². The van der Waals surface area contributed by atoms with Gasteiger partial charge in [-0.25, -0.2) is 4.98 Å². The fourth-order valence-electron chi connectivity index (χ4n) is 2.58. The van der Waals surface area contributed by atoms with Crippen LogP contribution in [0.15, 0.2) is 54.9 Å². The highest BCUT2D eigenvalue weighted by atomic mass is 16.5. The topological polar surface area (TPSA) is 64.9 Å². The molecule has 3 aromatic rings. The van der Waals surface area contributed by atoms with E-state index in [2.05, 4.69) is 10.3 Å². The number of hydrogen-bond donors (Lipinski definition) is 1. The number of pyridine rings is 1. The molecule has 25 heavy (non-hydrogen) atoms. The Labute approximate surface area is 146 Å². The monoisotopic (exact) mass is 339 g/mol. The molecule has 6 nitrogen and oxygen atoms in total. The van der Waals surface area contributed by atoms with Crippen molar-refractivity contribution in [3.8, 4) is 5.75 Å². The molecule has 0 bridgehead atoms. The summed E-state index contributed by atoms with van der Waals surface area (Å²) in [7, 11) is 1.61. The van der Waals surface area contributed by atoms with Crippen molar-refractivity contribution in [3.63, 3.8) is 0 Å². The molecule has 0 radical (unpaired) electrons. The molecular weight excluding hydrogens is 318 g/mol. The molecule has 3 rings (SSSR count). The lowest BCUT2D eigenvalue weighted by atomic mass is 10.1. The smallest absolute Gasteiger partial charge is 0.255 e. The third-order valence-corrected chi connectivity index (χ3v) is 3.72. The van der Waals surface area contributed by atoms with E-state index in [0.29, 0.717) is 24.5 Å². The second kappa shape index (κ2) is 7.81. The number of nitrogens with one attached hydrogen (secondary N) is 1. The first kappa shape index (κ1) is 17.0. The quantitative estimate of drug-likeness (QED) is 0.719. The van der Waals surface area contributed by atoms with E-state index >= 15 is 0 Å². The van der Waals surface area contributed by atoms with Crippen molar-refractivity contribution >= 4 is 11.6 Å². The van der Waals surface area contributed by atoms with Crippen LogP contribution in [0, 0.1) is 0 Å². The molecule has 1 atom stereocenters. The highest BCUT2D eigenvalue weighted by Gasteiger charge is 2.15. The van der Waals surface area contributed by atoms with Crippen molar-refractivity contribution in [2.75, 3.05) is 13.7 Å². The zero-order valence-corrected chi connectivity index (χ0v) is 14.3. The van der Waals surface area contributed by atoms with E-state index in [4.69, 9.17) is 9.47 Å². The number of benzene rings is 1. The van der Waals surface area contributed by atoms with E-state index in [0.717, 1.165) is 11.3 Å². The van der Waals surface area contributed by atoms with Crippen LogP contribution >= 0.6 is 0 Å². The average molecular weight is 339 g/mol. The molecule has 0 fully saturated rings. The molecule has 0 aliphatic heterocycles. The summed E-state index contributed by atoms with van der Waals surface area (Å²) in [6.07, 6.45) is 3.85. The van der Waals surface area contributed by atoms with Crippen molar-refractivity contribution < 1.29 is 14.3 Å². The largest absolute Gasteiger partial charge is 0.486 e. The van der Waals surface area contributed by atoms with Gasteiger partial charge in [-0.15, -0.1) is 0 Å². The Bertz CT molecular complexity index is 827. The van der Waals surface area contributed by atoms with Gasteiger partial charge in [0.05, 0.1) is 17.9 Å². The molecule has 0 saturated heterocycles. The zero-order valence-electron chi connectivity index (χ0n) is 14.3. The first-order valence-electron chi connectivity index (χ1n) is 8.11.